The van der Waals surface area contributed by atoms with E-state index in [9.17, 15) is 0 Å². The lowest BCUT2D eigenvalue weighted by Crippen LogP contribution is -2.46. The van der Waals surface area contributed by atoms with Crippen LogP contribution in [0, 0.1) is 17.2 Å². The van der Waals surface area contributed by atoms with E-state index in [0.717, 1.165) is 32.1 Å². The van der Waals surface area contributed by atoms with Crippen LogP contribution in [-0.2, 0) is 0 Å². The largest absolute Gasteiger partial charge is 0.301 e. The van der Waals surface area contributed by atoms with Gasteiger partial charge in [0.25, 0.3) is 0 Å². The smallest absolute Gasteiger partial charge is 0.0866 e. The minimum atomic E-state index is 0.590. The Morgan fingerprint density at radius 3 is 2.37 bits per heavy atom. The van der Waals surface area contributed by atoms with Crippen LogP contribution in [0.3, 0.4) is 0 Å². The van der Waals surface area contributed by atoms with Crippen molar-refractivity contribution in [2.45, 2.75) is 40.0 Å². The number of rotatable bonds is 7. The molecule has 3 heteroatoms. The highest BCUT2D eigenvalue weighted by Crippen LogP contribution is 2.13. The summed E-state index contributed by atoms with van der Waals surface area (Å²) in [7, 11) is 0. The normalized spacial score (nSPS) is 18.8. The zero-order valence-corrected chi connectivity index (χ0v) is 12.9. The second-order valence-corrected chi connectivity index (χ2v) is 6.03. The van der Waals surface area contributed by atoms with Gasteiger partial charge in [0.05, 0.1) is 12.6 Å². The van der Waals surface area contributed by atoms with Crippen LogP contribution >= 0.6 is 0 Å². The lowest BCUT2D eigenvalue weighted by molar-refractivity contribution is 0.137. The maximum atomic E-state index is 8.67. The summed E-state index contributed by atoms with van der Waals surface area (Å²) >= 11 is 0. The molecule has 0 aromatic carbocycles. The molecule has 0 aromatic heterocycles. The molecule has 0 bridgehead atoms. The summed E-state index contributed by atoms with van der Waals surface area (Å²) in [5, 5.41) is 8.67. The van der Waals surface area contributed by atoms with Crippen LogP contribution in [-0.4, -0.2) is 49.1 Å². The molecule has 1 fully saturated rings. The van der Waals surface area contributed by atoms with Crippen molar-refractivity contribution in [3.05, 3.63) is 11.6 Å². The predicted molar refractivity (Wildman–Crippen MR) is 80.9 cm³/mol. The minimum absolute atomic E-state index is 0.590. The monoisotopic (exact) mass is 263 g/mol. The van der Waals surface area contributed by atoms with Gasteiger partial charge in [-0.15, -0.1) is 0 Å². The fourth-order valence-electron chi connectivity index (χ4n) is 2.47. The van der Waals surface area contributed by atoms with Crippen LogP contribution in [0.25, 0.3) is 0 Å². The van der Waals surface area contributed by atoms with Crippen LogP contribution in [0.2, 0.25) is 0 Å². The van der Waals surface area contributed by atoms with Gasteiger partial charge in [0.1, 0.15) is 0 Å². The molecule has 1 rings (SSSR count). The molecule has 1 saturated heterocycles. The average Bonchev–Trinajstić information content (AvgIpc) is 2.38. The lowest BCUT2D eigenvalue weighted by atomic mass is 10.0. The van der Waals surface area contributed by atoms with E-state index in [-0.39, 0.29) is 0 Å². The third-order valence-electron chi connectivity index (χ3n) is 3.91. The van der Waals surface area contributed by atoms with E-state index in [2.05, 4.69) is 42.7 Å². The molecule has 1 aliphatic rings. The summed E-state index contributed by atoms with van der Waals surface area (Å²) in [6.45, 7) is 12.9. The molecule has 0 aromatic rings. The van der Waals surface area contributed by atoms with Crippen LogP contribution < -0.4 is 0 Å². The van der Waals surface area contributed by atoms with Crippen LogP contribution in [0.4, 0.5) is 0 Å². The van der Waals surface area contributed by atoms with Crippen molar-refractivity contribution in [1.82, 2.24) is 9.80 Å². The highest BCUT2D eigenvalue weighted by Gasteiger charge is 2.16. The van der Waals surface area contributed by atoms with Crippen LogP contribution in [0.5, 0.6) is 0 Å². The molecule has 0 radical (unpaired) electrons. The maximum Gasteiger partial charge on any atom is 0.0866 e. The molecule has 1 heterocycles. The highest BCUT2D eigenvalue weighted by molar-refractivity contribution is 4.92. The fourth-order valence-corrected chi connectivity index (χ4v) is 2.47. The molecule has 0 aliphatic carbocycles. The molecule has 19 heavy (non-hydrogen) atoms. The standard InChI is InChI=1S/C16H29N3/c1-15(2)5-4-6-16(3)7-9-18-11-13-19(10-8-17)14-12-18/h5,16H,4,6-7,9-14H2,1-3H3/t16-/m0/s1. The molecule has 1 atom stereocenters. The fraction of sp³-hybridized carbons (Fsp3) is 0.812. The predicted octanol–water partition coefficient (Wildman–Crippen LogP) is 2.90. The first-order valence-corrected chi connectivity index (χ1v) is 7.57. The number of hydrogen-bond acceptors (Lipinski definition) is 3. The Hall–Kier alpha value is -0.850. The number of nitriles is 1. The van der Waals surface area contributed by atoms with E-state index in [1.54, 1.807) is 0 Å². The lowest BCUT2D eigenvalue weighted by Gasteiger charge is -2.33. The first-order chi connectivity index (χ1) is 9.11. The SMILES string of the molecule is CC(C)=CCC[C@H](C)CCN1CCN(CC#N)CC1. The van der Waals surface area contributed by atoms with E-state index in [1.165, 1.54) is 31.4 Å². The molecule has 0 spiro atoms. The molecule has 0 saturated carbocycles. The van der Waals surface area contributed by atoms with E-state index < -0.39 is 0 Å². The Balaban J connectivity index is 2.10. The van der Waals surface area contributed by atoms with Crippen molar-refractivity contribution >= 4 is 0 Å². The zero-order chi connectivity index (χ0) is 14.1. The van der Waals surface area contributed by atoms with Crippen LogP contribution in [0.15, 0.2) is 11.6 Å². The van der Waals surface area contributed by atoms with Gasteiger partial charge in [-0.1, -0.05) is 18.6 Å². The van der Waals surface area contributed by atoms with Gasteiger partial charge in [0.2, 0.25) is 0 Å². The molecular weight excluding hydrogens is 234 g/mol. The molecule has 3 nitrogen and oxygen atoms in total. The van der Waals surface area contributed by atoms with Gasteiger partial charge in [-0.2, -0.15) is 5.26 Å². The number of nitrogens with zero attached hydrogens (tertiary/aromatic N) is 3. The second-order valence-electron chi connectivity index (χ2n) is 6.03. The van der Waals surface area contributed by atoms with Crippen molar-refractivity contribution in [2.75, 3.05) is 39.3 Å². The van der Waals surface area contributed by atoms with Gasteiger partial charge in [0.15, 0.2) is 0 Å². The molecule has 108 valence electrons. The average molecular weight is 263 g/mol. The third-order valence-corrected chi connectivity index (χ3v) is 3.91. The van der Waals surface area contributed by atoms with Gasteiger partial charge < -0.3 is 4.90 Å². The van der Waals surface area contributed by atoms with E-state index in [4.69, 9.17) is 5.26 Å². The summed E-state index contributed by atoms with van der Waals surface area (Å²) < 4.78 is 0. The number of piperazine rings is 1. The van der Waals surface area contributed by atoms with Gasteiger partial charge in [0, 0.05) is 26.2 Å². The maximum absolute atomic E-state index is 8.67. The van der Waals surface area contributed by atoms with Gasteiger partial charge in [-0.3, -0.25) is 4.90 Å². The second kappa shape index (κ2) is 9.12. The Morgan fingerprint density at radius 2 is 1.79 bits per heavy atom. The molecular formula is C16H29N3. The molecule has 0 amide bonds. The van der Waals surface area contributed by atoms with E-state index in [1.807, 2.05) is 0 Å². The topological polar surface area (TPSA) is 30.3 Å². The molecule has 0 N–H and O–H groups in total. The van der Waals surface area contributed by atoms with Crippen LogP contribution in [0.1, 0.15) is 40.0 Å². The quantitative estimate of drug-likeness (QED) is 0.522. The Labute approximate surface area is 118 Å². The number of hydrogen-bond donors (Lipinski definition) is 0. The minimum Gasteiger partial charge on any atom is -0.301 e. The summed E-state index contributed by atoms with van der Waals surface area (Å²) in [5.41, 5.74) is 1.43. The molecule has 0 unspecified atom stereocenters. The summed E-state index contributed by atoms with van der Waals surface area (Å²) in [4.78, 5) is 4.79. The van der Waals surface area contributed by atoms with E-state index in [0.29, 0.717) is 6.54 Å². The van der Waals surface area contributed by atoms with E-state index >= 15 is 0 Å². The van der Waals surface area contributed by atoms with Gasteiger partial charge in [-0.25, -0.2) is 0 Å². The van der Waals surface area contributed by atoms with Crippen molar-refractivity contribution in [3.63, 3.8) is 0 Å². The Morgan fingerprint density at radius 1 is 1.16 bits per heavy atom. The first-order valence-electron chi connectivity index (χ1n) is 7.57. The summed E-state index contributed by atoms with van der Waals surface area (Å²) in [5.74, 6) is 0.813. The van der Waals surface area contributed by atoms with Crippen molar-refractivity contribution < 1.29 is 0 Å². The summed E-state index contributed by atoms with van der Waals surface area (Å²) in [6, 6.07) is 2.24. The van der Waals surface area contributed by atoms with Crippen molar-refractivity contribution in [1.29, 1.82) is 5.26 Å². The first kappa shape index (κ1) is 16.2. The Kier molecular flexibility index (Phi) is 7.78. The van der Waals surface area contributed by atoms with Crippen molar-refractivity contribution in [2.24, 2.45) is 5.92 Å². The van der Waals surface area contributed by atoms with Crippen molar-refractivity contribution in [3.8, 4) is 6.07 Å². The van der Waals surface area contributed by atoms with Gasteiger partial charge >= 0.3 is 0 Å². The zero-order valence-electron chi connectivity index (χ0n) is 12.9. The molecule has 1 aliphatic heterocycles. The summed E-state index contributed by atoms with van der Waals surface area (Å²) in [6.07, 6.45) is 6.17. The van der Waals surface area contributed by atoms with Gasteiger partial charge in [-0.05, 0) is 45.6 Å². The third kappa shape index (κ3) is 7.34. The Bertz CT molecular complexity index is 304. The highest BCUT2D eigenvalue weighted by atomic mass is 15.3. The number of allylic oxidation sites excluding steroid dienone is 2.